The maximum Gasteiger partial charge on any atom is 0.267 e. The van der Waals surface area contributed by atoms with E-state index in [-0.39, 0.29) is 4.90 Å². The summed E-state index contributed by atoms with van der Waals surface area (Å²) in [6.45, 7) is 0.365. The van der Waals surface area contributed by atoms with Gasteiger partial charge in [-0.15, -0.1) is 11.6 Å². The highest BCUT2D eigenvalue weighted by atomic mass is 35.5. The molecule has 86 valence electrons. The quantitative estimate of drug-likeness (QED) is 0.779. The lowest BCUT2D eigenvalue weighted by atomic mass is 10.3. The number of para-hydroxylation sites is 1. The lowest BCUT2D eigenvalue weighted by molar-refractivity contribution is 0.522. The van der Waals surface area contributed by atoms with Crippen LogP contribution in [0.4, 0.5) is 5.69 Å². The number of nitrogens with zero attached hydrogens (tertiary/aromatic N) is 2. The van der Waals surface area contributed by atoms with Crippen LogP contribution in [0.3, 0.4) is 0 Å². The Kier molecular flexibility index (Phi) is 3.16. The van der Waals surface area contributed by atoms with Crippen LogP contribution in [0.2, 0.25) is 0 Å². The average Bonchev–Trinajstić information content (AvgIpc) is 2.28. The molecule has 0 N–H and O–H groups in total. The van der Waals surface area contributed by atoms with Gasteiger partial charge < -0.3 is 0 Å². The molecule has 6 heteroatoms. The first-order valence-electron chi connectivity index (χ1n) is 4.87. The molecule has 2 rings (SSSR count). The molecule has 0 bridgehead atoms. The van der Waals surface area contributed by atoms with E-state index >= 15 is 0 Å². The Morgan fingerprint density at radius 1 is 1.31 bits per heavy atom. The van der Waals surface area contributed by atoms with E-state index < -0.39 is 10.0 Å². The summed E-state index contributed by atoms with van der Waals surface area (Å²) in [6, 6.07) is 6.70. The first-order chi connectivity index (χ1) is 7.66. The van der Waals surface area contributed by atoms with Gasteiger partial charge in [0.25, 0.3) is 10.0 Å². The van der Waals surface area contributed by atoms with Gasteiger partial charge >= 0.3 is 0 Å². The topological polar surface area (TPSA) is 49.7 Å². The summed E-state index contributed by atoms with van der Waals surface area (Å²) < 4.78 is 25.4. The second kappa shape index (κ2) is 4.43. The Labute approximate surface area is 99.6 Å². The van der Waals surface area contributed by atoms with Gasteiger partial charge in [0, 0.05) is 12.4 Å². The van der Waals surface area contributed by atoms with Crippen LogP contribution in [0.25, 0.3) is 0 Å². The third-order valence-corrected chi connectivity index (χ3v) is 4.35. The number of aliphatic imine (C=N–C) groups is 1. The highest BCUT2D eigenvalue weighted by Gasteiger charge is 2.27. The molecule has 0 fully saturated rings. The minimum atomic E-state index is -3.43. The van der Waals surface area contributed by atoms with E-state index in [0.29, 0.717) is 24.5 Å². The van der Waals surface area contributed by atoms with Crippen molar-refractivity contribution < 1.29 is 8.42 Å². The van der Waals surface area contributed by atoms with Gasteiger partial charge in [0.15, 0.2) is 0 Å². The van der Waals surface area contributed by atoms with E-state index in [0.717, 1.165) is 0 Å². The summed E-state index contributed by atoms with van der Waals surface area (Å²) in [5, 5.41) is 0. The zero-order valence-corrected chi connectivity index (χ0v) is 10.1. The van der Waals surface area contributed by atoms with E-state index in [1.165, 1.54) is 10.6 Å². The van der Waals surface area contributed by atoms with Gasteiger partial charge in [-0.3, -0.25) is 4.31 Å². The molecule has 0 saturated heterocycles. The maximum absolute atomic E-state index is 12.1. The van der Waals surface area contributed by atoms with E-state index in [2.05, 4.69) is 4.99 Å². The van der Waals surface area contributed by atoms with Crippen LogP contribution in [0.15, 0.2) is 34.2 Å². The lowest BCUT2D eigenvalue weighted by Crippen LogP contribution is -2.33. The largest absolute Gasteiger partial charge is 0.267 e. The fraction of sp³-hybridized carbons (Fsp3) is 0.300. The number of rotatable bonds is 3. The van der Waals surface area contributed by atoms with Gasteiger partial charge in [-0.05, 0) is 18.6 Å². The van der Waals surface area contributed by atoms with E-state index in [9.17, 15) is 8.42 Å². The van der Waals surface area contributed by atoms with Crippen molar-refractivity contribution in [1.82, 2.24) is 4.31 Å². The molecule has 1 aliphatic rings. The van der Waals surface area contributed by atoms with Crippen LogP contribution in [0.5, 0.6) is 0 Å². The third-order valence-electron chi connectivity index (χ3n) is 2.29. The molecule has 1 aliphatic heterocycles. The number of hydrogen-bond acceptors (Lipinski definition) is 3. The number of halogens is 1. The van der Waals surface area contributed by atoms with E-state index in [1.54, 1.807) is 24.3 Å². The number of fused-ring (bicyclic) bond motifs is 1. The zero-order valence-electron chi connectivity index (χ0n) is 8.51. The first-order valence-corrected chi connectivity index (χ1v) is 6.85. The van der Waals surface area contributed by atoms with Crippen LogP contribution >= 0.6 is 11.6 Å². The van der Waals surface area contributed by atoms with Crippen LogP contribution < -0.4 is 0 Å². The minimum Gasteiger partial charge on any atom is -0.256 e. The molecule has 0 aliphatic carbocycles. The average molecular weight is 259 g/mol. The highest BCUT2D eigenvalue weighted by molar-refractivity contribution is 7.89. The molecule has 0 atom stereocenters. The van der Waals surface area contributed by atoms with E-state index in [4.69, 9.17) is 11.6 Å². The molecular formula is C10H11ClN2O2S. The number of sulfonamides is 1. The van der Waals surface area contributed by atoms with Crippen molar-refractivity contribution >= 4 is 33.7 Å². The van der Waals surface area contributed by atoms with E-state index in [1.807, 2.05) is 0 Å². The third kappa shape index (κ3) is 1.92. The SMILES string of the molecule is O=S1(=O)c2ccccc2N=CN1CCCCl. The molecule has 0 amide bonds. The van der Waals surface area contributed by atoms with Gasteiger partial charge in [-0.1, -0.05) is 12.1 Å². The fourth-order valence-corrected chi connectivity index (χ4v) is 3.04. The fourth-order valence-electron chi connectivity index (χ4n) is 1.49. The summed E-state index contributed by atoms with van der Waals surface area (Å²) in [4.78, 5) is 4.36. The normalized spacial score (nSPS) is 17.2. The maximum atomic E-state index is 12.1. The van der Waals surface area contributed by atoms with Crippen molar-refractivity contribution in [2.24, 2.45) is 4.99 Å². The van der Waals surface area contributed by atoms with Crippen molar-refractivity contribution in [2.75, 3.05) is 12.4 Å². The lowest BCUT2D eigenvalue weighted by Gasteiger charge is -2.23. The Morgan fingerprint density at radius 2 is 2.06 bits per heavy atom. The summed E-state index contributed by atoms with van der Waals surface area (Å²) in [5.74, 6) is 0.432. The summed E-state index contributed by atoms with van der Waals surface area (Å²) in [5.41, 5.74) is 0.490. The van der Waals surface area contributed by atoms with Gasteiger partial charge in [0.2, 0.25) is 0 Å². The highest BCUT2D eigenvalue weighted by Crippen LogP contribution is 2.29. The molecule has 0 unspecified atom stereocenters. The van der Waals surface area contributed by atoms with Gasteiger partial charge in [0.1, 0.15) is 11.2 Å². The molecule has 0 saturated carbocycles. The Balaban J connectivity index is 2.39. The molecule has 1 aromatic carbocycles. The zero-order chi connectivity index (χ0) is 11.6. The minimum absolute atomic E-state index is 0.257. The molecule has 4 nitrogen and oxygen atoms in total. The molecule has 1 heterocycles. The van der Waals surface area contributed by atoms with Gasteiger partial charge in [-0.25, -0.2) is 13.4 Å². The standard InChI is InChI=1S/C10H11ClN2O2S/c11-6-3-7-13-8-12-9-4-1-2-5-10(9)16(13,14)15/h1-2,4-5,8H,3,6-7H2. The molecule has 1 aromatic rings. The first kappa shape index (κ1) is 11.4. The Bertz CT molecular complexity index is 513. The second-order valence-electron chi connectivity index (χ2n) is 3.37. The smallest absolute Gasteiger partial charge is 0.256 e. The number of alkyl halides is 1. The van der Waals surface area contributed by atoms with Crippen molar-refractivity contribution in [1.29, 1.82) is 0 Å². The van der Waals surface area contributed by atoms with Gasteiger partial charge in [-0.2, -0.15) is 0 Å². The monoisotopic (exact) mass is 258 g/mol. The summed E-state index contributed by atoms with van der Waals surface area (Å²) in [7, 11) is -3.43. The van der Waals surface area contributed by atoms with Crippen molar-refractivity contribution in [3.63, 3.8) is 0 Å². The predicted molar refractivity (Wildman–Crippen MR) is 63.8 cm³/mol. The van der Waals surface area contributed by atoms with Crippen LogP contribution in [0, 0.1) is 0 Å². The Morgan fingerprint density at radius 3 is 2.81 bits per heavy atom. The predicted octanol–water partition coefficient (Wildman–Crippen LogP) is 1.98. The summed E-state index contributed by atoms with van der Waals surface area (Å²) in [6.07, 6.45) is 1.96. The van der Waals surface area contributed by atoms with Crippen LogP contribution in [-0.2, 0) is 10.0 Å². The van der Waals surface area contributed by atoms with Crippen LogP contribution in [-0.4, -0.2) is 31.5 Å². The molecule has 0 radical (unpaired) electrons. The second-order valence-corrected chi connectivity index (χ2v) is 5.61. The van der Waals surface area contributed by atoms with Crippen molar-refractivity contribution in [2.45, 2.75) is 11.3 Å². The molecule has 16 heavy (non-hydrogen) atoms. The number of hydrogen-bond donors (Lipinski definition) is 0. The van der Waals surface area contributed by atoms with Crippen molar-refractivity contribution in [3.05, 3.63) is 24.3 Å². The molecular weight excluding hydrogens is 248 g/mol. The molecule has 0 aromatic heterocycles. The Hall–Kier alpha value is -1.07. The molecule has 0 spiro atoms. The van der Waals surface area contributed by atoms with Crippen LogP contribution in [0.1, 0.15) is 6.42 Å². The van der Waals surface area contributed by atoms with Gasteiger partial charge in [0.05, 0.1) is 5.69 Å². The van der Waals surface area contributed by atoms with Crippen molar-refractivity contribution in [3.8, 4) is 0 Å². The number of benzene rings is 1. The summed E-state index contributed by atoms with van der Waals surface area (Å²) >= 11 is 5.55.